The van der Waals surface area contributed by atoms with Crippen LogP contribution in [0.3, 0.4) is 0 Å². The molecule has 0 saturated carbocycles. The molecular formula is C10H9F6N. The highest BCUT2D eigenvalue weighted by Crippen LogP contribution is 2.38. The molecule has 0 aliphatic rings. The van der Waals surface area contributed by atoms with Gasteiger partial charge in [0.05, 0.1) is 11.1 Å². The summed E-state index contributed by atoms with van der Waals surface area (Å²) in [5, 5.41) is 0. The molecule has 0 bridgehead atoms. The maximum atomic E-state index is 12.5. The van der Waals surface area contributed by atoms with Crippen molar-refractivity contribution in [2.75, 3.05) is 0 Å². The van der Waals surface area contributed by atoms with E-state index in [9.17, 15) is 26.3 Å². The molecule has 17 heavy (non-hydrogen) atoms. The van der Waals surface area contributed by atoms with E-state index in [-0.39, 0.29) is 0 Å². The zero-order chi connectivity index (χ0) is 13.4. The van der Waals surface area contributed by atoms with E-state index in [0.717, 1.165) is 0 Å². The van der Waals surface area contributed by atoms with Gasteiger partial charge in [0, 0.05) is 6.04 Å². The van der Waals surface area contributed by atoms with Crippen LogP contribution in [0.15, 0.2) is 18.2 Å². The molecule has 0 heterocycles. The van der Waals surface area contributed by atoms with Crippen molar-refractivity contribution < 1.29 is 26.3 Å². The van der Waals surface area contributed by atoms with Gasteiger partial charge in [-0.15, -0.1) is 0 Å². The van der Waals surface area contributed by atoms with E-state index in [1.807, 2.05) is 0 Å². The predicted molar refractivity (Wildman–Crippen MR) is 49.0 cm³/mol. The van der Waals surface area contributed by atoms with E-state index < -0.39 is 35.1 Å². The summed E-state index contributed by atoms with van der Waals surface area (Å²) in [5.41, 5.74) is 2.41. The van der Waals surface area contributed by atoms with Crippen LogP contribution in [-0.4, -0.2) is 0 Å². The lowest BCUT2D eigenvalue weighted by molar-refractivity contribution is -0.142. The Kier molecular flexibility index (Phi) is 3.42. The van der Waals surface area contributed by atoms with Gasteiger partial charge < -0.3 is 5.73 Å². The topological polar surface area (TPSA) is 26.0 Å². The van der Waals surface area contributed by atoms with Crippen LogP contribution in [0, 0.1) is 0 Å². The first-order chi connectivity index (χ1) is 7.53. The molecule has 7 heteroatoms. The van der Waals surface area contributed by atoms with Crippen molar-refractivity contribution in [3.63, 3.8) is 0 Å². The van der Waals surface area contributed by atoms with Crippen LogP contribution in [0.4, 0.5) is 26.3 Å². The zero-order valence-electron chi connectivity index (χ0n) is 8.65. The van der Waals surface area contributed by atoms with E-state index in [2.05, 4.69) is 0 Å². The van der Waals surface area contributed by atoms with Gasteiger partial charge >= 0.3 is 12.4 Å². The number of alkyl halides is 6. The summed E-state index contributed by atoms with van der Waals surface area (Å²) in [6.45, 7) is 1.20. The van der Waals surface area contributed by atoms with E-state index in [1.54, 1.807) is 0 Å². The van der Waals surface area contributed by atoms with Crippen LogP contribution in [0.1, 0.15) is 29.7 Å². The SMILES string of the molecule is CC(N)c1cc(C(F)(F)F)ccc1C(F)(F)F. The molecule has 0 aliphatic heterocycles. The minimum absolute atomic E-state index is 0.398. The highest BCUT2D eigenvalue weighted by atomic mass is 19.4. The lowest BCUT2D eigenvalue weighted by Crippen LogP contribution is -2.17. The maximum absolute atomic E-state index is 12.5. The fourth-order valence-electron chi connectivity index (χ4n) is 1.37. The zero-order valence-corrected chi connectivity index (χ0v) is 8.65. The molecule has 0 aliphatic carbocycles. The van der Waals surface area contributed by atoms with E-state index in [0.29, 0.717) is 18.2 Å². The minimum atomic E-state index is -4.72. The number of hydrogen-bond donors (Lipinski definition) is 1. The summed E-state index contributed by atoms with van der Waals surface area (Å²) in [7, 11) is 0. The summed E-state index contributed by atoms with van der Waals surface area (Å²) < 4.78 is 74.5. The molecule has 1 aromatic carbocycles. The summed E-state index contributed by atoms with van der Waals surface area (Å²) in [5.74, 6) is 0. The first kappa shape index (κ1) is 13.8. The number of halogens is 6. The third-order valence-corrected chi connectivity index (χ3v) is 2.17. The first-order valence-electron chi connectivity index (χ1n) is 4.57. The second kappa shape index (κ2) is 4.21. The number of nitrogens with two attached hydrogens (primary N) is 1. The van der Waals surface area contributed by atoms with Crippen LogP contribution < -0.4 is 5.73 Å². The third kappa shape index (κ3) is 3.12. The molecule has 1 aromatic rings. The van der Waals surface area contributed by atoms with Crippen molar-refractivity contribution in [3.05, 3.63) is 34.9 Å². The molecule has 1 atom stereocenters. The number of hydrogen-bond acceptors (Lipinski definition) is 1. The monoisotopic (exact) mass is 257 g/mol. The highest BCUT2D eigenvalue weighted by Gasteiger charge is 2.37. The lowest BCUT2D eigenvalue weighted by atomic mass is 9.98. The molecule has 2 N–H and O–H groups in total. The van der Waals surface area contributed by atoms with E-state index in [1.165, 1.54) is 6.92 Å². The summed E-state index contributed by atoms with van der Waals surface area (Å²) in [6.07, 6.45) is -9.40. The van der Waals surface area contributed by atoms with Gasteiger partial charge in [-0.2, -0.15) is 26.3 Å². The second-order valence-electron chi connectivity index (χ2n) is 3.59. The largest absolute Gasteiger partial charge is 0.416 e. The van der Waals surface area contributed by atoms with Crippen LogP contribution in [-0.2, 0) is 12.4 Å². The Morgan fingerprint density at radius 2 is 1.53 bits per heavy atom. The molecule has 0 fully saturated rings. The van der Waals surface area contributed by atoms with Crippen molar-refractivity contribution in [1.82, 2.24) is 0 Å². The van der Waals surface area contributed by atoms with Crippen LogP contribution >= 0.6 is 0 Å². The Balaban J connectivity index is 3.38. The van der Waals surface area contributed by atoms with E-state index in [4.69, 9.17) is 5.73 Å². The fourth-order valence-corrected chi connectivity index (χ4v) is 1.37. The van der Waals surface area contributed by atoms with Crippen LogP contribution in [0.5, 0.6) is 0 Å². The predicted octanol–water partition coefficient (Wildman–Crippen LogP) is 3.74. The molecule has 1 nitrogen and oxygen atoms in total. The molecule has 0 saturated heterocycles. The van der Waals surface area contributed by atoms with E-state index >= 15 is 0 Å². The summed E-state index contributed by atoms with van der Waals surface area (Å²) in [4.78, 5) is 0. The maximum Gasteiger partial charge on any atom is 0.416 e. The van der Waals surface area contributed by atoms with Gasteiger partial charge in [0.15, 0.2) is 0 Å². The molecular weight excluding hydrogens is 248 g/mol. The number of rotatable bonds is 1. The van der Waals surface area contributed by atoms with Crippen LogP contribution in [0.2, 0.25) is 0 Å². The van der Waals surface area contributed by atoms with Gasteiger partial charge in [-0.25, -0.2) is 0 Å². The third-order valence-electron chi connectivity index (χ3n) is 2.17. The Bertz CT molecular complexity index is 404. The lowest BCUT2D eigenvalue weighted by Gasteiger charge is -2.17. The van der Waals surface area contributed by atoms with Crippen LogP contribution in [0.25, 0.3) is 0 Å². The molecule has 0 spiro atoms. The summed E-state index contributed by atoms with van der Waals surface area (Å²) >= 11 is 0. The number of benzene rings is 1. The Morgan fingerprint density at radius 1 is 1.00 bits per heavy atom. The first-order valence-corrected chi connectivity index (χ1v) is 4.57. The van der Waals surface area contributed by atoms with Gasteiger partial charge in [0.2, 0.25) is 0 Å². The van der Waals surface area contributed by atoms with Crippen molar-refractivity contribution in [2.24, 2.45) is 5.73 Å². The average molecular weight is 257 g/mol. The Labute approximate surface area is 93.2 Å². The Morgan fingerprint density at radius 3 is 1.88 bits per heavy atom. The van der Waals surface area contributed by atoms with Gasteiger partial charge in [0.1, 0.15) is 0 Å². The molecule has 0 aromatic heterocycles. The standard InChI is InChI=1S/C10H9F6N/c1-5(17)7-4-6(9(11,12)13)2-3-8(7)10(14,15)16/h2-5H,17H2,1H3. The van der Waals surface area contributed by atoms with Crippen molar-refractivity contribution in [3.8, 4) is 0 Å². The van der Waals surface area contributed by atoms with Gasteiger partial charge in [-0.3, -0.25) is 0 Å². The quantitative estimate of drug-likeness (QED) is 0.762. The molecule has 1 unspecified atom stereocenters. The second-order valence-corrected chi connectivity index (χ2v) is 3.59. The molecule has 0 amide bonds. The van der Waals surface area contributed by atoms with Gasteiger partial charge in [-0.05, 0) is 30.7 Å². The average Bonchev–Trinajstić information content (AvgIpc) is 2.14. The van der Waals surface area contributed by atoms with Crippen molar-refractivity contribution in [2.45, 2.75) is 25.3 Å². The minimum Gasteiger partial charge on any atom is -0.324 e. The fraction of sp³-hybridized carbons (Fsp3) is 0.400. The molecule has 96 valence electrons. The molecule has 0 radical (unpaired) electrons. The molecule has 1 rings (SSSR count). The van der Waals surface area contributed by atoms with Crippen molar-refractivity contribution in [1.29, 1.82) is 0 Å². The van der Waals surface area contributed by atoms with Crippen molar-refractivity contribution >= 4 is 0 Å². The van der Waals surface area contributed by atoms with Gasteiger partial charge in [-0.1, -0.05) is 0 Å². The highest BCUT2D eigenvalue weighted by molar-refractivity contribution is 5.37. The smallest absolute Gasteiger partial charge is 0.324 e. The normalized spacial score (nSPS) is 14.8. The Hall–Kier alpha value is -1.24. The summed E-state index contributed by atoms with van der Waals surface area (Å²) in [6, 6.07) is 0.109. The van der Waals surface area contributed by atoms with Gasteiger partial charge in [0.25, 0.3) is 0 Å².